The summed E-state index contributed by atoms with van der Waals surface area (Å²) in [4.78, 5) is 44.6. The number of aromatic nitrogens is 2. The Kier molecular flexibility index (Phi) is 12.2. The number of carboxylic acids is 1. The van der Waals surface area contributed by atoms with E-state index in [1.165, 1.54) is 28.8 Å². The van der Waals surface area contributed by atoms with E-state index in [-0.39, 0.29) is 23.9 Å². The molecule has 2 rings (SSSR count). The highest BCUT2D eigenvalue weighted by Crippen LogP contribution is 2.29. The number of thioether (sulfide) groups is 1. The molecule has 0 saturated carbocycles. The van der Waals surface area contributed by atoms with Crippen LogP contribution in [-0.4, -0.2) is 33.2 Å². The largest absolute Gasteiger partial charge is 0.549 e. The summed E-state index contributed by atoms with van der Waals surface area (Å²) in [7, 11) is 0. The molecule has 7 nitrogen and oxygen atoms in total. The van der Waals surface area contributed by atoms with Crippen molar-refractivity contribution in [3.05, 3.63) is 52.2 Å². The summed E-state index contributed by atoms with van der Waals surface area (Å²) < 4.78 is 1.46. The lowest BCUT2D eigenvalue weighted by molar-refractivity contribution is -0.305. The van der Waals surface area contributed by atoms with Gasteiger partial charge in [-0.05, 0) is 49.9 Å². The summed E-state index contributed by atoms with van der Waals surface area (Å²) in [6, 6.07) is 8.86. The van der Waals surface area contributed by atoms with Gasteiger partial charge in [0, 0.05) is 40.6 Å². The summed E-state index contributed by atoms with van der Waals surface area (Å²) in [6.07, 6.45) is 6.41. The molecule has 1 atom stereocenters. The van der Waals surface area contributed by atoms with Gasteiger partial charge in [-0.2, -0.15) is 0 Å². The summed E-state index contributed by atoms with van der Waals surface area (Å²) >= 11 is 1.27. The first-order valence-electron chi connectivity index (χ1n) is 13.0. The molecule has 0 aliphatic heterocycles. The molecule has 1 aromatic carbocycles. The van der Waals surface area contributed by atoms with Gasteiger partial charge in [-0.25, -0.2) is 4.98 Å². The van der Waals surface area contributed by atoms with Crippen molar-refractivity contribution in [1.82, 2.24) is 9.55 Å². The van der Waals surface area contributed by atoms with Gasteiger partial charge in [0.2, 0.25) is 5.91 Å². The summed E-state index contributed by atoms with van der Waals surface area (Å²) in [5, 5.41) is 10.9. The lowest BCUT2D eigenvalue weighted by Gasteiger charge is -2.25. The first-order valence-corrected chi connectivity index (χ1v) is 13.9. The third-order valence-corrected chi connectivity index (χ3v) is 7.20. The topological polar surface area (TPSA) is 95.3 Å². The highest BCUT2D eigenvalue weighted by Gasteiger charge is 2.19. The standard InChI is InChI=1S/C28H41N3O4S/c1-6-8-9-10-11-16-30(27(33)19-31-25(7-2)29-21(5)18-26(31)32)22-12-14-23(15-13-22)36-24(28(34)35)17-20(3)4/h12-15,18,20,24H,6-11,16-17,19H2,1-5H3,(H,34,35)/p-1/t24-/m0/s1. The minimum Gasteiger partial charge on any atom is -0.549 e. The molecular weight excluding hydrogens is 474 g/mol. The second kappa shape index (κ2) is 14.8. The summed E-state index contributed by atoms with van der Waals surface area (Å²) in [5.41, 5.74) is 1.16. The molecule has 0 aliphatic carbocycles. The Balaban J connectivity index is 2.25. The highest BCUT2D eigenvalue weighted by molar-refractivity contribution is 8.00. The third-order valence-electron chi connectivity index (χ3n) is 5.99. The van der Waals surface area contributed by atoms with Crippen molar-refractivity contribution in [3.63, 3.8) is 0 Å². The zero-order valence-electron chi connectivity index (χ0n) is 22.3. The van der Waals surface area contributed by atoms with E-state index in [4.69, 9.17) is 0 Å². The average molecular weight is 515 g/mol. The molecule has 198 valence electrons. The predicted molar refractivity (Wildman–Crippen MR) is 144 cm³/mol. The normalized spacial score (nSPS) is 12.1. The van der Waals surface area contributed by atoms with Gasteiger partial charge in [0.15, 0.2) is 0 Å². The fraction of sp³-hybridized carbons (Fsp3) is 0.571. The molecule has 0 aliphatic rings. The summed E-state index contributed by atoms with van der Waals surface area (Å²) in [5.74, 6) is -0.388. The predicted octanol–water partition coefficient (Wildman–Crippen LogP) is 4.37. The molecule has 0 bridgehead atoms. The average Bonchev–Trinajstić information content (AvgIpc) is 2.82. The van der Waals surface area contributed by atoms with E-state index < -0.39 is 11.2 Å². The number of anilines is 1. The molecule has 8 heteroatoms. The number of hydrogen-bond acceptors (Lipinski definition) is 6. The SMILES string of the molecule is CCCCCCCN(C(=O)Cn1c(CC)nc(C)cc1=O)c1ccc(S[C@@H](CC(C)C)C(=O)[O-])cc1. The number of carboxylic acid groups (broad SMARTS) is 1. The van der Waals surface area contributed by atoms with E-state index in [1.807, 2.05) is 45.0 Å². The second-order valence-corrected chi connectivity index (χ2v) is 10.9. The van der Waals surface area contributed by atoms with Gasteiger partial charge in [0.25, 0.3) is 5.56 Å². The number of carbonyl (C=O) groups excluding carboxylic acids is 2. The van der Waals surface area contributed by atoms with Crippen molar-refractivity contribution in [3.8, 4) is 0 Å². The Bertz CT molecular complexity index is 1050. The van der Waals surface area contributed by atoms with Crippen LogP contribution in [0.3, 0.4) is 0 Å². The molecule has 0 spiro atoms. The van der Waals surface area contributed by atoms with E-state index in [2.05, 4.69) is 11.9 Å². The highest BCUT2D eigenvalue weighted by atomic mass is 32.2. The molecule has 36 heavy (non-hydrogen) atoms. The second-order valence-electron chi connectivity index (χ2n) is 9.60. The van der Waals surface area contributed by atoms with Crippen LogP contribution in [0.1, 0.15) is 77.7 Å². The van der Waals surface area contributed by atoms with Crippen LogP contribution in [0, 0.1) is 12.8 Å². The van der Waals surface area contributed by atoms with Crippen LogP contribution in [0.25, 0.3) is 0 Å². The maximum absolute atomic E-state index is 13.5. The molecule has 1 amide bonds. The number of aliphatic carboxylic acids is 1. The molecular formula is C28H40N3O4S-. The van der Waals surface area contributed by atoms with Crippen LogP contribution in [0.15, 0.2) is 40.0 Å². The smallest absolute Gasteiger partial charge is 0.254 e. The maximum Gasteiger partial charge on any atom is 0.254 e. The van der Waals surface area contributed by atoms with Crippen LogP contribution in [0.4, 0.5) is 5.69 Å². The number of nitrogens with zero attached hydrogens (tertiary/aromatic N) is 3. The zero-order chi connectivity index (χ0) is 26.7. The third kappa shape index (κ3) is 9.12. The molecule has 1 aromatic heterocycles. The van der Waals surface area contributed by atoms with Gasteiger partial charge < -0.3 is 14.8 Å². The minimum absolute atomic E-state index is 0.0676. The Labute approximate surface area is 219 Å². The van der Waals surface area contributed by atoms with Crippen LogP contribution >= 0.6 is 11.8 Å². The number of hydrogen-bond donors (Lipinski definition) is 0. The van der Waals surface area contributed by atoms with Gasteiger partial charge in [-0.3, -0.25) is 14.2 Å². The van der Waals surface area contributed by atoms with Crippen molar-refractivity contribution in [2.24, 2.45) is 5.92 Å². The van der Waals surface area contributed by atoms with E-state index >= 15 is 0 Å². The van der Waals surface area contributed by atoms with Crippen molar-refractivity contribution >= 4 is 29.3 Å². The van der Waals surface area contributed by atoms with Crippen LogP contribution in [-0.2, 0) is 22.6 Å². The minimum atomic E-state index is -1.06. The fourth-order valence-corrected chi connectivity index (χ4v) is 5.30. The Hall–Kier alpha value is -2.61. The van der Waals surface area contributed by atoms with E-state index in [0.29, 0.717) is 30.9 Å². The number of rotatable bonds is 15. The number of unbranched alkanes of at least 4 members (excludes halogenated alkanes) is 4. The van der Waals surface area contributed by atoms with Crippen molar-refractivity contribution in [2.45, 2.75) is 96.3 Å². The van der Waals surface area contributed by atoms with Crippen molar-refractivity contribution in [1.29, 1.82) is 0 Å². The molecule has 0 saturated heterocycles. The van der Waals surface area contributed by atoms with Crippen LogP contribution in [0.5, 0.6) is 0 Å². The molecule has 2 aromatic rings. The number of aryl methyl sites for hydroxylation is 2. The van der Waals surface area contributed by atoms with E-state index in [0.717, 1.165) is 36.3 Å². The van der Waals surface area contributed by atoms with E-state index in [1.54, 1.807) is 11.8 Å². The molecule has 0 unspecified atom stereocenters. The van der Waals surface area contributed by atoms with Gasteiger partial charge in [-0.1, -0.05) is 53.4 Å². The lowest BCUT2D eigenvalue weighted by Crippen LogP contribution is -2.38. The Morgan fingerprint density at radius 2 is 1.75 bits per heavy atom. The van der Waals surface area contributed by atoms with Gasteiger partial charge in [-0.15, -0.1) is 11.8 Å². The van der Waals surface area contributed by atoms with Gasteiger partial charge in [0.05, 0.1) is 5.97 Å². The first-order chi connectivity index (χ1) is 17.2. The van der Waals surface area contributed by atoms with Crippen molar-refractivity contribution < 1.29 is 14.7 Å². The Morgan fingerprint density at radius 3 is 2.33 bits per heavy atom. The monoisotopic (exact) mass is 514 g/mol. The molecule has 0 fully saturated rings. The van der Waals surface area contributed by atoms with Crippen LogP contribution in [0.2, 0.25) is 0 Å². The number of benzene rings is 1. The molecule has 1 heterocycles. The number of amides is 1. The molecule has 0 N–H and O–H groups in total. The fourth-order valence-electron chi connectivity index (χ4n) is 4.10. The molecule has 0 radical (unpaired) electrons. The van der Waals surface area contributed by atoms with Crippen molar-refractivity contribution in [2.75, 3.05) is 11.4 Å². The first kappa shape index (κ1) is 29.6. The lowest BCUT2D eigenvalue weighted by atomic mass is 10.1. The maximum atomic E-state index is 13.5. The van der Waals surface area contributed by atoms with E-state index in [9.17, 15) is 19.5 Å². The van der Waals surface area contributed by atoms with Gasteiger partial charge in [0.1, 0.15) is 12.4 Å². The summed E-state index contributed by atoms with van der Waals surface area (Å²) in [6.45, 7) is 10.3. The zero-order valence-corrected chi connectivity index (χ0v) is 23.1. The quantitative estimate of drug-likeness (QED) is 0.259. The van der Waals surface area contributed by atoms with Crippen LogP contribution < -0.4 is 15.6 Å². The number of carbonyl (C=O) groups is 2. The van der Waals surface area contributed by atoms with Gasteiger partial charge >= 0.3 is 0 Å². The Morgan fingerprint density at radius 1 is 1.08 bits per heavy atom.